The van der Waals surface area contributed by atoms with Crippen molar-refractivity contribution in [2.45, 2.75) is 27.2 Å². The first-order chi connectivity index (χ1) is 7.34. The van der Waals surface area contributed by atoms with E-state index in [1.807, 2.05) is 13.0 Å². The molecule has 4 heteroatoms. The third-order valence-electron chi connectivity index (χ3n) is 2.68. The molecule has 0 radical (unpaired) electrons. The molecule has 0 amide bonds. The number of phenolic OH excluding ortho intramolecular Hbond substituents is 1. The van der Waals surface area contributed by atoms with Gasteiger partial charge in [-0.15, -0.1) is 0 Å². The average Bonchev–Trinajstić information content (AvgIpc) is 2.20. The molecule has 0 saturated heterocycles. The van der Waals surface area contributed by atoms with E-state index in [1.165, 1.54) is 0 Å². The second-order valence-corrected chi connectivity index (χ2v) is 4.47. The van der Waals surface area contributed by atoms with Gasteiger partial charge in [-0.2, -0.15) is 0 Å². The summed E-state index contributed by atoms with van der Waals surface area (Å²) in [5.41, 5.74) is 2.28. The van der Waals surface area contributed by atoms with Crippen molar-refractivity contribution in [3.8, 4) is 5.75 Å². The lowest BCUT2D eigenvalue weighted by atomic mass is 9.95. The van der Waals surface area contributed by atoms with E-state index in [-0.39, 0.29) is 12.2 Å². The summed E-state index contributed by atoms with van der Waals surface area (Å²) in [4.78, 5) is 10.8. The average molecular weight is 243 g/mol. The number of halogens is 1. The number of aliphatic carboxylic acids is 1. The summed E-state index contributed by atoms with van der Waals surface area (Å²) >= 11 is 5.92. The molecule has 1 rings (SSSR count). The lowest BCUT2D eigenvalue weighted by molar-refractivity contribution is -0.141. The quantitative estimate of drug-likeness (QED) is 0.857. The van der Waals surface area contributed by atoms with Gasteiger partial charge in [-0.05, 0) is 37.0 Å². The van der Waals surface area contributed by atoms with Crippen molar-refractivity contribution in [1.82, 2.24) is 0 Å². The molecule has 0 aromatic heterocycles. The highest BCUT2D eigenvalue weighted by atomic mass is 35.5. The minimum absolute atomic E-state index is 0.00673. The van der Waals surface area contributed by atoms with Crippen LogP contribution in [0.25, 0.3) is 0 Å². The van der Waals surface area contributed by atoms with Crippen molar-refractivity contribution in [2.75, 3.05) is 0 Å². The van der Waals surface area contributed by atoms with E-state index >= 15 is 0 Å². The van der Waals surface area contributed by atoms with Gasteiger partial charge in [0.15, 0.2) is 0 Å². The summed E-state index contributed by atoms with van der Waals surface area (Å²) in [7, 11) is 0. The number of rotatable bonds is 3. The number of carboxylic acids is 1. The third-order valence-corrected chi connectivity index (χ3v) is 3.16. The Bertz CT molecular complexity index is 427. The van der Waals surface area contributed by atoms with Crippen LogP contribution in [-0.2, 0) is 11.2 Å². The predicted molar refractivity (Wildman–Crippen MR) is 63.1 cm³/mol. The molecule has 16 heavy (non-hydrogen) atoms. The molecule has 0 aliphatic heterocycles. The van der Waals surface area contributed by atoms with Gasteiger partial charge < -0.3 is 10.2 Å². The minimum Gasteiger partial charge on any atom is -0.506 e. The van der Waals surface area contributed by atoms with Gasteiger partial charge in [-0.25, -0.2) is 0 Å². The topological polar surface area (TPSA) is 57.5 Å². The second kappa shape index (κ2) is 4.74. The van der Waals surface area contributed by atoms with Crippen molar-refractivity contribution >= 4 is 17.6 Å². The summed E-state index contributed by atoms with van der Waals surface area (Å²) in [5, 5.41) is 19.0. The van der Waals surface area contributed by atoms with Crippen LogP contribution in [-0.4, -0.2) is 16.2 Å². The Morgan fingerprint density at radius 1 is 1.44 bits per heavy atom. The van der Waals surface area contributed by atoms with E-state index in [4.69, 9.17) is 16.7 Å². The molecule has 0 aliphatic rings. The Kier molecular flexibility index (Phi) is 3.81. The smallest absolute Gasteiger partial charge is 0.306 e. The molecule has 1 aromatic rings. The lowest BCUT2D eigenvalue weighted by Crippen LogP contribution is -2.13. The van der Waals surface area contributed by atoms with Crippen LogP contribution in [0.1, 0.15) is 23.6 Å². The summed E-state index contributed by atoms with van der Waals surface area (Å²) in [6.45, 7) is 5.25. The normalized spacial score (nSPS) is 12.5. The molecule has 88 valence electrons. The molecule has 0 saturated carbocycles. The largest absolute Gasteiger partial charge is 0.506 e. The van der Waals surface area contributed by atoms with Gasteiger partial charge in [-0.3, -0.25) is 4.79 Å². The second-order valence-electron chi connectivity index (χ2n) is 4.09. The summed E-state index contributed by atoms with van der Waals surface area (Å²) in [5.74, 6) is -1.41. The monoisotopic (exact) mass is 242 g/mol. The van der Waals surface area contributed by atoms with Crippen LogP contribution in [0.5, 0.6) is 5.75 Å². The number of hydrogen-bond donors (Lipinski definition) is 2. The molecule has 1 unspecified atom stereocenters. The Morgan fingerprint density at radius 2 is 2.00 bits per heavy atom. The highest BCUT2D eigenvalue weighted by Crippen LogP contribution is 2.34. The lowest BCUT2D eigenvalue weighted by Gasteiger charge is -2.14. The molecule has 0 heterocycles. The van der Waals surface area contributed by atoms with E-state index in [9.17, 15) is 9.90 Å². The maximum absolute atomic E-state index is 10.8. The molecule has 3 nitrogen and oxygen atoms in total. The standard InChI is InChI=1S/C12H15ClO3/c1-6-4-7(2)10(13)11(14)9(6)5-8(3)12(15)16/h4,8,14H,5H2,1-3H3,(H,15,16). The van der Waals surface area contributed by atoms with Gasteiger partial charge in [0.1, 0.15) is 5.75 Å². The van der Waals surface area contributed by atoms with Crippen LogP contribution < -0.4 is 0 Å². The van der Waals surface area contributed by atoms with E-state index in [1.54, 1.807) is 13.8 Å². The highest BCUT2D eigenvalue weighted by molar-refractivity contribution is 6.32. The van der Waals surface area contributed by atoms with Crippen molar-refractivity contribution in [3.05, 3.63) is 27.8 Å². The summed E-state index contributed by atoms with van der Waals surface area (Å²) in [6.07, 6.45) is 0.285. The minimum atomic E-state index is -0.879. The SMILES string of the molecule is Cc1cc(C)c(CC(C)C(=O)O)c(O)c1Cl. The fourth-order valence-electron chi connectivity index (χ4n) is 1.63. The molecule has 0 bridgehead atoms. The zero-order chi connectivity index (χ0) is 12.5. The van der Waals surface area contributed by atoms with Crippen molar-refractivity contribution in [1.29, 1.82) is 0 Å². The van der Waals surface area contributed by atoms with Gasteiger partial charge in [0.05, 0.1) is 10.9 Å². The summed E-state index contributed by atoms with van der Waals surface area (Å²) < 4.78 is 0. The zero-order valence-electron chi connectivity index (χ0n) is 9.54. The Balaban J connectivity index is 3.14. The van der Waals surface area contributed by atoms with Crippen molar-refractivity contribution in [3.63, 3.8) is 0 Å². The first-order valence-electron chi connectivity index (χ1n) is 5.05. The van der Waals surface area contributed by atoms with Crippen LogP contribution in [0.4, 0.5) is 0 Å². The van der Waals surface area contributed by atoms with Gasteiger partial charge in [0, 0.05) is 0 Å². The molecular formula is C12H15ClO3. The Morgan fingerprint density at radius 3 is 2.50 bits per heavy atom. The molecule has 1 aromatic carbocycles. The number of carbonyl (C=O) groups is 1. The zero-order valence-corrected chi connectivity index (χ0v) is 10.3. The number of benzene rings is 1. The molecule has 0 fully saturated rings. The molecule has 0 aliphatic carbocycles. The van der Waals surface area contributed by atoms with Crippen LogP contribution in [0.2, 0.25) is 5.02 Å². The number of carboxylic acid groups (broad SMARTS) is 1. The van der Waals surface area contributed by atoms with Crippen LogP contribution >= 0.6 is 11.6 Å². The number of aryl methyl sites for hydroxylation is 2. The van der Waals surface area contributed by atoms with Gasteiger partial charge in [0.2, 0.25) is 0 Å². The maximum Gasteiger partial charge on any atom is 0.306 e. The maximum atomic E-state index is 10.8. The van der Waals surface area contributed by atoms with Crippen LogP contribution in [0.3, 0.4) is 0 Å². The molecule has 2 N–H and O–H groups in total. The van der Waals surface area contributed by atoms with E-state index in [0.29, 0.717) is 10.6 Å². The van der Waals surface area contributed by atoms with Crippen LogP contribution in [0, 0.1) is 19.8 Å². The summed E-state index contributed by atoms with van der Waals surface area (Å²) in [6, 6.07) is 1.85. The first kappa shape index (κ1) is 12.8. The molecular weight excluding hydrogens is 228 g/mol. The Labute approximate surface area is 99.7 Å². The third kappa shape index (κ3) is 2.47. The van der Waals surface area contributed by atoms with E-state index < -0.39 is 11.9 Å². The molecule has 1 atom stereocenters. The van der Waals surface area contributed by atoms with Gasteiger partial charge in [-0.1, -0.05) is 24.6 Å². The van der Waals surface area contributed by atoms with Gasteiger partial charge >= 0.3 is 5.97 Å². The number of aromatic hydroxyl groups is 1. The fraction of sp³-hybridized carbons (Fsp3) is 0.417. The van der Waals surface area contributed by atoms with Crippen molar-refractivity contribution < 1.29 is 15.0 Å². The first-order valence-corrected chi connectivity index (χ1v) is 5.42. The Hall–Kier alpha value is -1.22. The van der Waals surface area contributed by atoms with E-state index in [0.717, 1.165) is 11.1 Å². The predicted octanol–water partition coefficient (Wildman–Crippen LogP) is 2.93. The van der Waals surface area contributed by atoms with E-state index in [2.05, 4.69) is 0 Å². The van der Waals surface area contributed by atoms with Crippen LogP contribution in [0.15, 0.2) is 6.07 Å². The number of hydrogen-bond acceptors (Lipinski definition) is 2. The van der Waals surface area contributed by atoms with Crippen molar-refractivity contribution in [2.24, 2.45) is 5.92 Å². The van der Waals surface area contributed by atoms with Gasteiger partial charge in [0.25, 0.3) is 0 Å². The highest BCUT2D eigenvalue weighted by Gasteiger charge is 2.18. The molecule has 0 spiro atoms. The number of phenols is 1. The fourth-order valence-corrected chi connectivity index (χ4v) is 1.80.